The topological polar surface area (TPSA) is 49.7 Å². The highest BCUT2D eigenvalue weighted by Gasteiger charge is 2.66. The summed E-state index contributed by atoms with van der Waals surface area (Å²) in [4.78, 5) is 0. The average Bonchev–Trinajstić information content (AvgIpc) is 3.02. The molecule has 3 nitrogen and oxygen atoms in total. The quantitative estimate of drug-likeness (QED) is 0.730. The van der Waals surface area contributed by atoms with Gasteiger partial charge in [0.25, 0.3) is 0 Å². The van der Waals surface area contributed by atoms with Gasteiger partial charge in [0.1, 0.15) is 6.17 Å². The van der Waals surface area contributed by atoms with Gasteiger partial charge in [0.05, 0.1) is 12.2 Å². The van der Waals surface area contributed by atoms with Crippen LogP contribution in [0, 0.1) is 46.3 Å². The van der Waals surface area contributed by atoms with Crippen LogP contribution in [0.4, 0.5) is 4.39 Å². The number of hydrogen-bond donors (Lipinski definition) is 2. The van der Waals surface area contributed by atoms with Crippen LogP contribution >= 0.6 is 0 Å². The Kier molecular flexibility index (Phi) is 5.64. The fraction of sp³-hybridized carbons (Fsp3) is 1.00. The lowest BCUT2D eigenvalue weighted by molar-refractivity contribution is -0.214. The minimum atomic E-state index is -0.669. The van der Waals surface area contributed by atoms with Gasteiger partial charge in [0.2, 0.25) is 0 Å². The lowest BCUT2D eigenvalue weighted by atomic mass is 9.43. The van der Waals surface area contributed by atoms with Gasteiger partial charge in [-0.05, 0) is 98.2 Å². The van der Waals surface area contributed by atoms with E-state index in [4.69, 9.17) is 4.74 Å². The molecular weight excluding hydrogens is 355 g/mol. The summed E-state index contributed by atoms with van der Waals surface area (Å²) in [5.41, 5.74) is -0.0109. The predicted octanol–water partition coefficient (Wildman–Crippen LogP) is 4.60. The molecule has 0 aromatic carbocycles. The van der Waals surface area contributed by atoms with E-state index < -0.39 is 6.17 Å². The fourth-order valence-electron chi connectivity index (χ4n) is 8.59. The molecule has 4 aliphatic rings. The van der Waals surface area contributed by atoms with Gasteiger partial charge < -0.3 is 14.9 Å². The molecule has 11 atom stereocenters. The van der Waals surface area contributed by atoms with E-state index in [2.05, 4.69) is 27.7 Å². The summed E-state index contributed by atoms with van der Waals surface area (Å²) in [5, 5.41) is 21.3. The van der Waals surface area contributed by atoms with Crippen molar-refractivity contribution in [1.29, 1.82) is 0 Å². The molecule has 4 rings (SSSR count). The molecule has 4 unspecified atom stereocenters. The van der Waals surface area contributed by atoms with Crippen molar-refractivity contribution >= 4 is 0 Å². The number of fused-ring (bicyclic) bond motifs is 5. The van der Waals surface area contributed by atoms with Crippen LogP contribution in [0.1, 0.15) is 72.6 Å². The van der Waals surface area contributed by atoms with E-state index in [9.17, 15) is 14.6 Å². The first kappa shape index (κ1) is 21.1. The molecule has 28 heavy (non-hydrogen) atoms. The van der Waals surface area contributed by atoms with Crippen molar-refractivity contribution in [3.63, 3.8) is 0 Å². The molecule has 4 saturated carbocycles. The summed E-state index contributed by atoms with van der Waals surface area (Å²) >= 11 is 0. The largest absolute Gasteiger partial charge is 0.396 e. The molecule has 0 bridgehead atoms. The van der Waals surface area contributed by atoms with Crippen molar-refractivity contribution < 1.29 is 19.3 Å². The van der Waals surface area contributed by atoms with Crippen molar-refractivity contribution in [1.82, 2.24) is 0 Å². The summed E-state index contributed by atoms with van der Waals surface area (Å²) in [6, 6.07) is 0. The molecule has 162 valence electrons. The van der Waals surface area contributed by atoms with Gasteiger partial charge in [-0.15, -0.1) is 0 Å². The first-order chi connectivity index (χ1) is 13.3. The van der Waals surface area contributed by atoms with Gasteiger partial charge >= 0.3 is 0 Å². The number of aliphatic hydroxyl groups excluding tert-OH is 2. The number of hydrogen-bond acceptors (Lipinski definition) is 3. The highest BCUT2D eigenvalue weighted by molar-refractivity contribution is 5.14. The fourth-order valence-corrected chi connectivity index (χ4v) is 8.59. The van der Waals surface area contributed by atoms with E-state index in [1.165, 1.54) is 0 Å². The van der Waals surface area contributed by atoms with E-state index in [0.29, 0.717) is 49.0 Å². The Balaban J connectivity index is 1.71. The van der Waals surface area contributed by atoms with Crippen molar-refractivity contribution in [2.75, 3.05) is 13.2 Å². The monoisotopic (exact) mass is 396 g/mol. The van der Waals surface area contributed by atoms with Gasteiger partial charge in [-0.3, -0.25) is 0 Å². The summed E-state index contributed by atoms with van der Waals surface area (Å²) < 4.78 is 20.6. The molecule has 0 radical (unpaired) electrons. The second-order valence-corrected chi connectivity index (χ2v) is 11.1. The number of aliphatic hydroxyl groups is 2. The maximum absolute atomic E-state index is 14.3. The van der Waals surface area contributed by atoms with E-state index in [0.717, 1.165) is 32.1 Å². The summed E-state index contributed by atoms with van der Waals surface area (Å²) in [6.45, 7) is 9.79. The zero-order chi connectivity index (χ0) is 20.3. The SMILES string of the molecule is CCO[C@@H]1CC2C[C@H](F)CC[C@]2(C)C2C[C@H](O)[C@@]3(C)C(CC[C@@H]3[C@H](C)CO)C21. The zero-order valence-corrected chi connectivity index (χ0v) is 18.2. The normalized spacial score (nSPS) is 54.5. The summed E-state index contributed by atoms with van der Waals surface area (Å²) in [5.74, 6) is 2.29. The minimum absolute atomic E-state index is 0.129. The average molecular weight is 397 g/mol. The third-order valence-corrected chi connectivity index (χ3v) is 10.1. The number of ether oxygens (including phenoxy) is 1. The second kappa shape index (κ2) is 7.50. The molecule has 0 amide bonds. The van der Waals surface area contributed by atoms with Crippen LogP contribution in [-0.4, -0.2) is 41.8 Å². The molecule has 0 saturated heterocycles. The Morgan fingerprint density at radius 3 is 2.54 bits per heavy atom. The highest BCUT2D eigenvalue weighted by Crippen LogP contribution is 2.68. The van der Waals surface area contributed by atoms with Crippen LogP contribution in [0.2, 0.25) is 0 Å². The number of halogens is 1. The molecule has 0 spiro atoms. The van der Waals surface area contributed by atoms with Crippen LogP contribution in [0.25, 0.3) is 0 Å². The molecule has 4 fully saturated rings. The minimum Gasteiger partial charge on any atom is -0.396 e. The van der Waals surface area contributed by atoms with E-state index in [1.54, 1.807) is 0 Å². The smallest absolute Gasteiger partial charge is 0.100 e. The molecule has 0 aliphatic heterocycles. The Hall–Kier alpha value is -0.190. The van der Waals surface area contributed by atoms with E-state index in [1.807, 2.05) is 0 Å². The van der Waals surface area contributed by atoms with E-state index in [-0.39, 0.29) is 35.6 Å². The highest BCUT2D eigenvalue weighted by atomic mass is 19.1. The van der Waals surface area contributed by atoms with Crippen molar-refractivity contribution in [3.05, 3.63) is 0 Å². The van der Waals surface area contributed by atoms with Gasteiger partial charge in [-0.25, -0.2) is 4.39 Å². The Bertz CT molecular complexity index is 570. The molecule has 0 aromatic rings. The maximum Gasteiger partial charge on any atom is 0.100 e. The Labute approximate surface area is 170 Å². The Morgan fingerprint density at radius 2 is 1.86 bits per heavy atom. The first-order valence-electron chi connectivity index (χ1n) is 11.8. The third-order valence-electron chi connectivity index (χ3n) is 10.1. The summed E-state index contributed by atoms with van der Waals surface area (Å²) in [6.07, 6.45) is 5.51. The van der Waals surface area contributed by atoms with Crippen LogP contribution in [-0.2, 0) is 4.74 Å². The zero-order valence-electron chi connectivity index (χ0n) is 18.2. The lowest BCUT2D eigenvalue weighted by Gasteiger charge is -2.64. The van der Waals surface area contributed by atoms with Crippen LogP contribution in [0.15, 0.2) is 0 Å². The van der Waals surface area contributed by atoms with Gasteiger partial charge in [-0.2, -0.15) is 0 Å². The second-order valence-electron chi connectivity index (χ2n) is 11.1. The maximum atomic E-state index is 14.3. The predicted molar refractivity (Wildman–Crippen MR) is 109 cm³/mol. The van der Waals surface area contributed by atoms with Gasteiger partial charge in [0, 0.05) is 13.2 Å². The van der Waals surface area contributed by atoms with E-state index >= 15 is 0 Å². The number of rotatable bonds is 4. The third kappa shape index (κ3) is 2.92. The van der Waals surface area contributed by atoms with Gasteiger partial charge in [0.15, 0.2) is 0 Å². The van der Waals surface area contributed by atoms with Crippen molar-refractivity contribution in [2.45, 2.75) is 91.0 Å². The van der Waals surface area contributed by atoms with Crippen LogP contribution < -0.4 is 0 Å². The lowest BCUT2D eigenvalue weighted by Crippen LogP contribution is -2.62. The van der Waals surface area contributed by atoms with Crippen LogP contribution in [0.3, 0.4) is 0 Å². The van der Waals surface area contributed by atoms with Crippen LogP contribution in [0.5, 0.6) is 0 Å². The number of alkyl halides is 1. The standard InChI is InChI=1S/C24H41FO3/c1-5-28-20-11-15-10-16(25)8-9-23(15,3)19-12-21(27)24(4)17(14(2)13-26)6-7-18(24)22(19)20/h14-22,26-27H,5-13H2,1-4H3/t14-,15?,16-,17-,18?,19?,20-,21+,22?,23+,24-/m1/s1. The van der Waals surface area contributed by atoms with Crippen molar-refractivity contribution in [3.8, 4) is 0 Å². The molecule has 0 heterocycles. The van der Waals surface area contributed by atoms with Crippen molar-refractivity contribution in [2.24, 2.45) is 46.3 Å². The molecule has 0 aromatic heterocycles. The summed E-state index contributed by atoms with van der Waals surface area (Å²) in [7, 11) is 0. The molecule has 4 aliphatic carbocycles. The first-order valence-corrected chi connectivity index (χ1v) is 11.8. The molecular formula is C24H41FO3. The molecule has 4 heteroatoms. The van der Waals surface area contributed by atoms with Gasteiger partial charge in [-0.1, -0.05) is 20.8 Å². The Morgan fingerprint density at radius 1 is 1.11 bits per heavy atom. The molecule has 2 N–H and O–H groups in total.